The smallest absolute Gasteiger partial charge is 0.124 e. The molecule has 2 unspecified atom stereocenters. The van der Waals surface area contributed by atoms with Crippen LogP contribution in [0, 0.1) is 5.92 Å². The molecule has 1 heterocycles. The van der Waals surface area contributed by atoms with Crippen molar-refractivity contribution in [3.05, 3.63) is 18.2 Å². The predicted octanol–water partition coefficient (Wildman–Crippen LogP) is 2.92. The molecule has 2 rings (SSSR count). The molecule has 4 heteroatoms. The lowest BCUT2D eigenvalue weighted by atomic mass is 9.97. The maximum atomic E-state index is 5.41. The third-order valence-corrected chi connectivity index (χ3v) is 4.39. The Hall–Kier alpha value is -1.42. The average Bonchev–Trinajstić information content (AvgIpc) is 2.53. The number of nitrogens with zero attached hydrogens (tertiary/aromatic N) is 1. The van der Waals surface area contributed by atoms with Crippen LogP contribution in [0.5, 0.6) is 11.5 Å². The lowest BCUT2D eigenvalue weighted by Gasteiger charge is -2.43. The molecular formula is C17H28N2O2. The summed E-state index contributed by atoms with van der Waals surface area (Å²) in [5.74, 6) is 2.32. The van der Waals surface area contributed by atoms with Crippen LogP contribution in [0.15, 0.2) is 18.2 Å². The zero-order valence-electron chi connectivity index (χ0n) is 13.8. The minimum Gasteiger partial charge on any atom is -0.497 e. The molecule has 1 saturated heterocycles. The summed E-state index contributed by atoms with van der Waals surface area (Å²) < 4.78 is 10.8. The molecule has 1 aliphatic heterocycles. The molecule has 0 bridgehead atoms. The highest BCUT2D eigenvalue weighted by Crippen LogP contribution is 2.31. The summed E-state index contributed by atoms with van der Waals surface area (Å²) in [6.07, 6.45) is 1.12. The number of nitrogens with one attached hydrogen (secondary N) is 1. The number of methoxy groups -OCH3 is 2. The Kier molecular flexibility index (Phi) is 5.34. The molecule has 0 aliphatic carbocycles. The van der Waals surface area contributed by atoms with Gasteiger partial charge in [-0.15, -0.1) is 0 Å². The number of piperazine rings is 1. The summed E-state index contributed by atoms with van der Waals surface area (Å²) in [5, 5.41) is 3.67. The van der Waals surface area contributed by atoms with Crippen LogP contribution in [0.3, 0.4) is 0 Å². The van der Waals surface area contributed by atoms with Crippen LogP contribution in [-0.2, 0) is 0 Å². The van der Waals surface area contributed by atoms with Crippen LogP contribution in [0.4, 0.5) is 5.69 Å². The van der Waals surface area contributed by atoms with Crippen molar-refractivity contribution in [1.29, 1.82) is 0 Å². The third-order valence-electron chi connectivity index (χ3n) is 4.39. The number of benzene rings is 1. The summed E-state index contributed by atoms with van der Waals surface area (Å²) in [6, 6.07) is 7.16. The highest BCUT2D eigenvalue weighted by molar-refractivity contribution is 5.57. The zero-order chi connectivity index (χ0) is 15.4. The number of anilines is 1. The van der Waals surface area contributed by atoms with Crippen LogP contribution >= 0.6 is 0 Å². The quantitative estimate of drug-likeness (QED) is 0.905. The first kappa shape index (κ1) is 16.0. The predicted molar refractivity (Wildman–Crippen MR) is 87.6 cm³/mol. The van der Waals surface area contributed by atoms with Crippen molar-refractivity contribution in [3.8, 4) is 11.5 Å². The minimum absolute atomic E-state index is 0.511. The van der Waals surface area contributed by atoms with Gasteiger partial charge in [-0.25, -0.2) is 0 Å². The lowest BCUT2D eigenvalue weighted by Crippen LogP contribution is -2.58. The van der Waals surface area contributed by atoms with Crippen LogP contribution in [0.1, 0.15) is 27.2 Å². The monoisotopic (exact) mass is 292 g/mol. The van der Waals surface area contributed by atoms with Crippen LogP contribution < -0.4 is 19.7 Å². The number of hydrogen-bond donors (Lipinski definition) is 1. The summed E-state index contributed by atoms with van der Waals surface area (Å²) >= 11 is 0. The fourth-order valence-corrected chi connectivity index (χ4v) is 2.91. The fraction of sp³-hybridized carbons (Fsp3) is 0.647. The third kappa shape index (κ3) is 3.62. The first-order valence-corrected chi connectivity index (χ1v) is 7.82. The molecule has 4 nitrogen and oxygen atoms in total. The van der Waals surface area contributed by atoms with Gasteiger partial charge in [-0.2, -0.15) is 0 Å². The van der Waals surface area contributed by atoms with E-state index in [9.17, 15) is 0 Å². The van der Waals surface area contributed by atoms with Crippen molar-refractivity contribution in [3.63, 3.8) is 0 Å². The normalized spacial score (nSPS) is 22.5. The molecule has 0 aromatic heterocycles. The van der Waals surface area contributed by atoms with Crippen molar-refractivity contribution in [2.75, 3.05) is 32.2 Å². The van der Waals surface area contributed by atoms with Gasteiger partial charge in [0.25, 0.3) is 0 Å². The molecule has 0 spiro atoms. The van der Waals surface area contributed by atoms with Gasteiger partial charge in [-0.05, 0) is 12.3 Å². The first-order valence-electron chi connectivity index (χ1n) is 7.82. The molecule has 0 amide bonds. The SMILES string of the molecule is CCC1CNC(C(C)C)CN1c1cc(OC)cc(OC)c1. The molecule has 0 radical (unpaired) electrons. The largest absolute Gasteiger partial charge is 0.497 e. The summed E-state index contributed by atoms with van der Waals surface area (Å²) in [7, 11) is 3.40. The summed E-state index contributed by atoms with van der Waals surface area (Å²) in [5.41, 5.74) is 1.19. The van der Waals surface area contributed by atoms with Crippen LogP contribution in [-0.4, -0.2) is 39.4 Å². The highest BCUT2D eigenvalue weighted by atomic mass is 16.5. The fourth-order valence-electron chi connectivity index (χ4n) is 2.91. The van der Waals surface area contributed by atoms with Gasteiger partial charge >= 0.3 is 0 Å². The molecule has 118 valence electrons. The van der Waals surface area contributed by atoms with Gasteiger partial charge in [0.05, 0.1) is 14.2 Å². The van der Waals surface area contributed by atoms with Gasteiger partial charge < -0.3 is 19.7 Å². The molecule has 21 heavy (non-hydrogen) atoms. The zero-order valence-corrected chi connectivity index (χ0v) is 13.8. The Bertz CT molecular complexity index is 440. The van der Waals surface area contributed by atoms with Gasteiger partial charge in [0.15, 0.2) is 0 Å². The average molecular weight is 292 g/mol. The van der Waals surface area contributed by atoms with Crippen LogP contribution in [0.2, 0.25) is 0 Å². The van der Waals surface area contributed by atoms with Crippen molar-refractivity contribution in [2.45, 2.75) is 39.3 Å². The van der Waals surface area contributed by atoms with E-state index in [-0.39, 0.29) is 0 Å². The minimum atomic E-state index is 0.511. The number of rotatable bonds is 5. The van der Waals surface area contributed by atoms with Crippen LogP contribution in [0.25, 0.3) is 0 Å². The second kappa shape index (κ2) is 7.03. The Morgan fingerprint density at radius 3 is 2.29 bits per heavy atom. The van der Waals surface area contributed by atoms with E-state index in [4.69, 9.17) is 9.47 Å². The van der Waals surface area contributed by atoms with Gasteiger partial charge in [0.2, 0.25) is 0 Å². The van der Waals surface area contributed by atoms with E-state index in [0.29, 0.717) is 18.0 Å². The second-order valence-electron chi connectivity index (χ2n) is 6.04. The van der Waals surface area contributed by atoms with E-state index in [1.165, 1.54) is 5.69 Å². The Morgan fingerprint density at radius 2 is 1.81 bits per heavy atom. The van der Waals surface area contributed by atoms with Gasteiger partial charge in [0.1, 0.15) is 11.5 Å². The molecule has 1 aromatic carbocycles. The maximum Gasteiger partial charge on any atom is 0.124 e. The summed E-state index contributed by atoms with van der Waals surface area (Å²) in [6.45, 7) is 8.83. The lowest BCUT2D eigenvalue weighted by molar-refractivity contribution is 0.324. The topological polar surface area (TPSA) is 33.7 Å². The van der Waals surface area contributed by atoms with Crippen molar-refractivity contribution in [1.82, 2.24) is 5.32 Å². The maximum absolute atomic E-state index is 5.41. The van der Waals surface area contributed by atoms with Gasteiger partial charge in [-0.1, -0.05) is 20.8 Å². The van der Waals surface area contributed by atoms with Crippen molar-refractivity contribution < 1.29 is 9.47 Å². The highest BCUT2D eigenvalue weighted by Gasteiger charge is 2.29. The number of ether oxygens (including phenoxy) is 2. The van der Waals surface area contributed by atoms with E-state index in [2.05, 4.69) is 43.1 Å². The Labute approximate surface area is 128 Å². The molecule has 1 aliphatic rings. The second-order valence-corrected chi connectivity index (χ2v) is 6.04. The molecule has 1 fully saturated rings. The standard InChI is InChI=1S/C17H28N2O2/c1-6-13-10-18-17(12(2)3)11-19(13)14-7-15(20-4)9-16(8-14)21-5/h7-9,12-13,17-18H,6,10-11H2,1-5H3. The number of hydrogen-bond acceptors (Lipinski definition) is 4. The Morgan fingerprint density at radius 1 is 1.19 bits per heavy atom. The summed E-state index contributed by atoms with van der Waals surface area (Å²) in [4.78, 5) is 2.49. The van der Waals surface area contributed by atoms with Crippen molar-refractivity contribution in [2.24, 2.45) is 5.92 Å². The van der Waals surface area contributed by atoms with Gasteiger partial charge in [0, 0.05) is 49.1 Å². The molecule has 2 atom stereocenters. The van der Waals surface area contributed by atoms with Gasteiger partial charge in [-0.3, -0.25) is 0 Å². The molecule has 1 aromatic rings. The molecular weight excluding hydrogens is 264 g/mol. The van der Waals surface area contributed by atoms with E-state index < -0.39 is 0 Å². The molecule has 1 N–H and O–H groups in total. The van der Waals surface area contributed by atoms with E-state index >= 15 is 0 Å². The van der Waals surface area contributed by atoms with Crippen molar-refractivity contribution >= 4 is 5.69 Å². The van der Waals surface area contributed by atoms with E-state index in [1.54, 1.807) is 14.2 Å². The molecule has 0 saturated carbocycles. The van der Waals surface area contributed by atoms with E-state index in [1.807, 2.05) is 6.07 Å². The Balaban J connectivity index is 2.31. The first-order chi connectivity index (χ1) is 10.1. The van der Waals surface area contributed by atoms with E-state index in [0.717, 1.165) is 31.0 Å².